The summed E-state index contributed by atoms with van der Waals surface area (Å²) in [6.07, 6.45) is 1.43. The fraction of sp³-hybridized carbons (Fsp3) is 0.0588. The van der Waals surface area contributed by atoms with Gasteiger partial charge >= 0.3 is 0 Å². The first-order chi connectivity index (χ1) is 11.6. The standard InChI is InChI=1S/C17H11N3O4/c1-23-17-9-12(8-13(10-18)11-19)2-7-16(17)24-15-5-3-14(4-6-15)20(21)22/h2-9H,1H3. The van der Waals surface area contributed by atoms with Gasteiger partial charge in [-0.15, -0.1) is 0 Å². The summed E-state index contributed by atoms with van der Waals surface area (Å²) >= 11 is 0. The summed E-state index contributed by atoms with van der Waals surface area (Å²) in [6, 6.07) is 14.1. The van der Waals surface area contributed by atoms with Crippen molar-refractivity contribution in [1.82, 2.24) is 0 Å². The fourth-order valence-electron chi connectivity index (χ4n) is 1.88. The quantitative estimate of drug-likeness (QED) is 0.470. The first-order valence-corrected chi connectivity index (χ1v) is 6.69. The van der Waals surface area contributed by atoms with E-state index in [4.69, 9.17) is 20.0 Å². The maximum absolute atomic E-state index is 10.6. The molecule has 0 heterocycles. The van der Waals surface area contributed by atoms with Crippen LogP contribution >= 0.6 is 0 Å². The first kappa shape index (κ1) is 16.5. The second-order valence-corrected chi connectivity index (χ2v) is 4.54. The van der Waals surface area contributed by atoms with Gasteiger partial charge in [0.05, 0.1) is 12.0 Å². The first-order valence-electron chi connectivity index (χ1n) is 6.69. The van der Waals surface area contributed by atoms with Crippen molar-refractivity contribution < 1.29 is 14.4 Å². The number of nitro benzene ring substituents is 1. The van der Waals surface area contributed by atoms with Crippen LogP contribution < -0.4 is 9.47 Å². The van der Waals surface area contributed by atoms with Crippen LogP contribution in [0.15, 0.2) is 48.0 Å². The zero-order valence-electron chi connectivity index (χ0n) is 12.6. The summed E-state index contributed by atoms with van der Waals surface area (Å²) in [5, 5.41) is 28.2. The second-order valence-electron chi connectivity index (χ2n) is 4.54. The molecule has 0 amide bonds. The highest BCUT2D eigenvalue weighted by molar-refractivity contribution is 5.64. The number of benzene rings is 2. The van der Waals surface area contributed by atoms with Crippen LogP contribution in [0.2, 0.25) is 0 Å². The van der Waals surface area contributed by atoms with E-state index in [9.17, 15) is 10.1 Å². The Hall–Kier alpha value is -3.84. The molecule has 0 radical (unpaired) electrons. The van der Waals surface area contributed by atoms with Crippen LogP contribution in [0.1, 0.15) is 5.56 Å². The van der Waals surface area contributed by atoms with Gasteiger partial charge in [-0.3, -0.25) is 10.1 Å². The Morgan fingerprint density at radius 2 is 1.79 bits per heavy atom. The molecule has 0 aliphatic carbocycles. The predicted molar refractivity (Wildman–Crippen MR) is 85.4 cm³/mol. The molecule has 0 saturated heterocycles. The number of allylic oxidation sites excluding steroid dienone is 1. The molecule has 0 aliphatic rings. The molecule has 2 rings (SSSR count). The summed E-state index contributed by atoms with van der Waals surface area (Å²) in [4.78, 5) is 10.1. The van der Waals surface area contributed by atoms with Crippen molar-refractivity contribution in [2.45, 2.75) is 0 Å². The maximum atomic E-state index is 10.6. The van der Waals surface area contributed by atoms with E-state index < -0.39 is 4.92 Å². The molecule has 2 aromatic rings. The van der Waals surface area contributed by atoms with E-state index in [0.717, 1.165) is 0 Å². The molecule has 2 aromatic carbocycles. The molecule has 7 heteroatoms. The van der Waals surface area contributed by atoms with Crippen LogP contribution in [0.3, 0.4) is 0 Å². The van der Waals surface area contributed by atoms with Crippen molar-refractivity contribution in [2.75, 3.05) is 7.11 Å². The predicted octanol–water partition coefficient (Wildman–Crippen LogP) is 3.83. The molecule has 0 spiro atoms. The minimum Gasteiger partial charge on any atom is -0.493 e. The molecule has 0 N–H and O–H groups in total. The van der Waals surface area contributed by atoms with Gasteiger partial charge in [0, 0.05) is 12.1 Å². The molecule has 0 fully saturated rings. The van der Waals surface area contributed by atoms with Crippen LogP contribution in [-0.4, -0.2) is 12.0 Å². The number of nitrogens with zero attached hydrogens (tertiary/aromatic N) is 3. The van der Waals surface area contributed by atoms with Gasteiger partial charge in [-0.1, -0.05) is 6.07 Å². The van der Waals surface area contributed by atoms with E-state index in [-0.39, 0.29) is 11.3 Å². The SMILES string of the molecule is COc1cc(C=C(C#N)C#N)ccc1Oc1ccc([N+](=O)[O-])cc1. The van der Waals surface area contributed by atoms with E-state index in [1.807, 2.05) is 0 Å². The number of ether oxygens (including phenoxy) is 2. The van der Waals surface area contributed by atoms with E-state index in [1.54, 1.807) is 30.3 Å². The van der Waals surface area contributed by atoms with Crippen molar-refractivity contribution in [1.29, 1.82) is 10.5 Å². The Morgan fingerprint density at radius 3 is 2.33 bits per heavy atom. The van der Waals surface area contributed by atoms with E-state index in [2.05, 4.69) is 0 Å². The van der Waals surface area contributed by atoms with Crippen LogP contribution in [0, 0.1) is 32.8 Å². The fourth-order valence-corrected chi connectivity index (χ4v) is 1.88. The molecular formula is C17H11N3O4. The minimum atomic E-state index is -0.493. The van der Waals surface area contributed by atoms with Gasteiger partial charge in [0.25, 0.3) is 5.69 Å². The number of non-ortho nitro benzene ring substituents is 1. The van der Waals surface area contributed by atoms with Crippen molar-refractivity contribution in [3.63, 3.8) is 0 Å². The third-order valence-corrected chi connectivity index (χ3v) is 3.01. The van der Waals surface area contributed by atoms with Gasteiger partial charge < -0.3 is 9.47 Å². The lowest BCUT2D eigenvalue weighted by molar-refractivity contribution is -0.384. The molecule has 0 atom stereocenters. The zero-order valence-corrected chi connectivity index (χ0v) is 12.6. The Balaban J connectivity index is 2.28. The van der Waals surface area contributed by atoms with Crippen LogP contribution in [0.25, 0.3) is 6.08 Å². The van der Waals surface area contributed by atoms with Crippen LogP contribution in [0.4, 0.5) is 5.69 Å². The van der Waals surface area contributed by atoms with E-state index in [1.165, 1.54) is 37.5 Å². The molecule has 0 bridgehead atoms. The number of rotatable bonds is 5. The number of methoxy groups -OCH3 is 1. The molecule has 0 aromatic heterocycles. The topological polar surface area (TPSA) is 109 Å². The van der Waals surface area contributed by atoms with Gasteiger partial charge in [-0.25, -0.2) is 0 Å². The van der Waals surface area contributed by atoms with Crippen LogP contribution in [0.5, 0.6) is 17.2 Å². The number of nitro groups is 1. The third-order valence-electron chi connectivity index (χ3n) is 3.01. The lowest BCUT2D eigenvalue weighted by Gasteiger charge is -2.11. The normalized spacial score (nSPS) is 9.29. The summed E-state index contributed by atoms with van der Waals surface area (Å²) in [6.45, 7) is 0. The lowest BCUT2D eigenvalue weighted by Crippen LogP contribution is -1.92. The van der Waals surface area contributed by atoms with Crippen molar-refractivity contribution in [3.05, 3.63) is 63.7 Å². The van der Waals surface area contributed by atoms with E-state index >= 15 is 0 Å². The zero-order chi connectivity index (χ0) is 17.5. The molecule has 0 unspecified atom stereocenters. The van der Waals surface area contributed by atoms with Crippen molar-refractivity contribution in [2.24, 2.45) is 0 Å². The van der Waals surface area contributed by atoms with Gasteiger partial charge in [0.1, 0.15) is 23.5 Å². The van der Waals surface area contributed by atoms with Gasteiger partial charge in [0.15, 0.2) is 11.5 Å². The van der Waals surface area contributed by atoms with Crippen molar-refractivity contribution >= 4 is 11.8 Å². The minimum absolute atomic E-state index is 0.0268. The Kier molecular flexibility index (Phi) is 5.12. The highest BCUT2D eigenvalue weighted by Crippen LogP contribution is 2.33. The molecule has 24 heavy (non-hydrogen) atoms. The average Bonchev–Trinajstić information content (AvgIpc) is 2.61. The second kappa shape index (κ2) is 7.43. The molecule has 0 aliphatic heterocycles. The number of nitriles is 2. The molecule has 0 saturated carbocycles. The number of hydrogen-bond acceptors (Lipinski definition) is 6. The third kappa shape index (κ3) is 3.87. The number of hydrogen-bond donors (Lipinski definition) is 0. The highest BCUT2D eigenvalue weighted by Gasteiger charge is 2.09. The highest BCUT2D eigenvalue weighted by atomic mass is 16.6. The summed E-state index contributed by atoms with van der Waals surface area (Å²) in [5.41, 5.74) is 0.553. The Bertz CT molecular complexity index is 858. The lowest BCUT2D eigenvalue weighted by atomic mass is 10.1. The summed E-state index contributed by atoms with van der Waals surface area (Å²) in [5.74, 6) is 1.22. The van der Waals surface area contributed by atoms with Gasteiger partial charge in [0.2, 0.25) is 0 Å². The summed E-state index contributed by atoms with van der Waals surface area (Å²) < 4.78 is 10.9. The monoisotopic (exact) mass is 321 g/mol. The molecule has 118 valence electrons. The van der Waals surface area contributed by atoms with Gasteiger partial charge in [-0.05, 0) is 35.9 Å². The smallest absolute Gasteiger partial charge is 0.269 e. The van der Waals surface area contributed by atoms with Crippen molar-refractivity contribution in [3.8, 4) is 29.4 Å². The Morgan fingerprint density at radius 1 is 1.12 bits per heavy atom. The van der Waals surface area contributed by atoms with Gasteiger partial charge in [-0.2, -0.15) is 10.5 Å². The average molecular weight is 321 g/mol. The largest absolute Gasteiger partial charge is 0.493 e. The Labute approximate surface area is 137 Å². The maximum Gasteiger partial charge on any atom is 0.269 e. The molecule has 7 nitrogen and oxygen atoms in total. The van der Waals surface area contributed by atoms with E-state index in [0.29, 0.717) is 22.8 Å². The molecular weight excluding hydrogens is 310 g/mol. The van der Waals surface area contributed by atoms with Crippen LogP contribution in [-0.2, 0) is 0 Å². The summed E-state index contributed by atoms with van der Waals surface area (Å²) in [7, 11) is 1.46.